The zero-order valence-corrected chi connectivity index (χ0v) is 62.5. The first-order valence-corrected chi connectivity index (χ1v) is 35.2. The molecular formula is C78H101BrCl2F3N17O5. The number of anilines is 1. The number of fused-ring (bicyclic) bond motifs is 3. The van der Waals surface area contributed by atoms with E-state index < -0.39 is 34.4 Å². The monoisotopic (exact) mass is 1560 g/mol. The number of H-pyrrole nitrogens is 3. The van der Waals surface area contributed by atoms with E-state index in [0.29, 0.717) is 115 Å². The minimum atomic E-state index is -1.64. The van der Waals surface area contributed by atoms with E-state index in [0.717, 1.165) is 43.5 Å². The van der Waals surface area contributed by atoms with Gasteiger partial charge in [0.2, 0.25) is 0 Å². The van der Waals surface area contributed by atoms with Crippen LogP contribution in [0.4, 0.5) is 23.7 Å². The molecule has 11 aromatic rings. The van der Waals surface area contributed by atoms with Crippen LogP contribution in [0.3, 0.4) is 0 Å². The van der Waals surface area contributed by atoms with E-state index in [1.165, 1.54) is 18.6 Å². The van der Waals surface area contributed by atoms with Crippen molar-refractivity contribution in [2.75, 3.05) is 44.2 Å². The average molecular weight is 1560 g/mol. The van der Waals surface area contributed by atoms with Gasteiger partial charge in [0, 0.05) is 91.6 Å². The molecule has 8 aromatic heterocycles. The molecule has 3 aliphatic heterocycles. The van der Waals surface area contributed by atoms with Crippen molar-refractivity contribution in [1.29, 1.82) is 0 Å². The van der Waals surface area contributed by atoms with Gasteiger partial charge in [0.15, 0.2) is 34.4 Å². The van der Waals surface area contributed by atoms with E-state index in [4.69, 9.17) is 9.72 Å². The number of aromatic nitrogens is 14. The largest absolute Gasteiger partial charge is 0.444 e. The summed E-state index contributed by atoms with van der Waals surface area (Å²) in [6.07, 6.45) is 13.0. The van der Waals surface area contributed by atoms with Crippen molar-refractivity contribution < 1.29 is 22.7 Å². The highest BCUT2D eigenvalue weighted by atomic mass is 79.9. The topological polar surface area (TPSA) is 261 Å². The number of benzene rings is 3. The highest BCUT2D eigenvalue weighted by molar-refractivity contribution is 9.10. The zero-order chi connectivity index (χ0) is 71.8. The smallest absolute Gasteiger partial charge is 0.410 e. The number of hydrogen-bond acceptors (Lipinski definition) is 15. The van der Waals surface area contributed by atoms with E-state index in [1.807, 2.05) is 84.9 Å². The molecular weight excluding hydrogens is 1460 g/mol. The number of hydrogen-bond donors (Lipinski definition) is 4. The molecule has 0 saturated carbocycles. The number of amides is 1. The number of carbonyl (C=O) groups is 1. The number of nitrogens with one attached hydrogen (secondary N) is 4. The molecule has 0 atom stereocenters. The summed E-state index contributed by atoms with van der Waals surface area (Å²) >= 11 is 3.25. The van der Waals surface area contributed by atoms with Crippen LogP contribution in [0.2, 0.25) is 0 Å². The quantitative estimate of drug-likeness (QED) is 0.0836. The number of halogens is 6. The summed E-state index contributed by atoms with van der Waals surface area (Å²) in [5.41, 5.74) is 3.63. The van der Waals surface area contributed by atoms with Crippen LogP contribution in [0.1, 0.15) is 158 Å². The number of nitrogens with zero attached hydrogens (tertiary/aromatic N) is 13. The molecule has 3 aromatic carbocycles. The highest BCUT2D eigenvalue weighted by Crippen LogP contribution is 2.36. The Bertz CT molecular complexity index is 4850. The van der Waals surface area contributed by atoms with Crippen molar-refractivity contribution in [3.8, 4) is 34.2 Å². The molecule has 0 radical (unpaired) electrons. The minimum absolute atomic E-state index is 0. The molecule has 3 aliphatic rings. The van der Waals surface area contributed by atoms with Crippen LogP contribution in [-0.2, 0) is 24.4 Å². The lowest BCUT2D eigenvalue weighted by atomic mass is 9.93. The van der Waals surface area contributed by atoms with Crippen LogP contribution in [0.15, 0.2) is 159 Å². The fourth-order valence-electron chi connectivity index (χ4n) is 12.9. The van der Waals surface area contributed by atoms with Crippen LogP contribution in [0.25, 0.3) is 67.7 Å². The van der Waals surface area contributed by atoms with Crippen LogP contribution >= 0.6 is 40.7 Å². The molecule has 22 nitrogen and oxygen atoms in total. The first kappa shape index (κ1) is 85.8. The summed E-state index contributed by atoms with van der Waals surface area (Å²) in [5, 5.41) is 3.16. The molecule has 28 heteroatoms. The van der Waals surface area contributed by atoms with Crippen molar-refractivity contribution >= 4 is 86.0 Å². The van der Waals surface area contributed by atoms with Crippen LogP contribution in [-0.4, -0.2) is 141 Å². The third-order valence-corrected chi connectivity index (χ3v) is 18.9. The molecule has 0 bridgehead atoms. The van der Waals surface area contributed by atoms with Gasteiger partial charge in [-0.15, -0.1) is 24.8 Å². The maximum atomic E-state index is 15.9. The molecule has 4 N–H and O–H groups in total. The third-order valence-electron chi connectivity index (χ3n) is 18.4. The molecule has 11 heterocycles. The number of imidazole rings is 3. The molecule has 106 heavy (non-hydrogen) atoms. The van der Waals surface area contributed by atoms with Gasteiger partial charge in [-0.2, -0.15) is 0 Å². The molecule has 0 unspecified atom stereocenters. The maximum absolute atomic E-state index is 15.9. The van der Waals surface area contributed by atoms with E-state index in [2.05, 4.69) is 130 Å². The maximum Gasteiger partial charge on any atom is 0.410 e. The summed E-state index contributed by atoms with van der Waals surface area (Å²) in [4.78, 5) is 97.5. The van der Waals surface area contributed by atoms with Crippen molar-refractivity contribution in [3.05, 3.63) is 193 Å². The minimum Gasteiger partial charge on any atom is -0.444 e. The van der Waals surface area contributed by atoms with E-state index in [-0.39, 0.29) is 110 Å². The van der Waals surface area contributed by atoms with Crippen molar-refractivity contribution in [3.63, 3.8) is 0 Å². The lowest BCUT2D eigenvalue weighted by Gasteiger charge is -2.37. The molecule has 0 aliphatic carbocycles. The van der Waals surface area contributed by atoms with Crippen molar-refractivity contribution in [2.45, 2.75) is 183 Å². The van der Waals surface area contributed by atoms with E-state index >= 15 is 13.2 Å². The molecule has 570 valence electrons. The standard InChI is InChI=1S/C25H27FN6O.C25H32FN5O3.C20H24FN5O.C5H4BrN.3CH4.2ClH/c1-17(2)19-7-3-4-8-20(19)22-28-15-21-23(30-22)32(24(33)29-21)16-25(26)9-12-31(13-10-25)18-6-5-11-27-14-18;1-16(2)17-8-6-7-9-18(17)20-27-14-19-21(29-20)31(22(32)28-19)15-25(26)10-12-30(13-11-25)23(33)34-24(3,4)5;1-13(2)14-5-3-4-6-15(14)17-23-11-16-18(25-17)26(19(27)24-16)12-20(21)7-9-22-10-8-20;6-5-2-1-3-7-4-5;;;;;/h3-8,11,14-15,17H,9-10,12-13,16H2,1-2H3,(H,29,33);6-9,14,16H,10-13,15H2,1-5H3,(H,28,32);3-6,11,13,22H,7-10,12H2,1-2H3,(H,24,27);1-4H;3*1H4;2*1H. The third kappa shape index (κ3) is 20.7. The SMILES string of the molecule is Brc1cccnc1.C.C.C.CC(C)c1ccccc1-c1ncc2[nH]c(=O)n(CC3(F)CCN(C(=O)OC(C)(C)C)CC3)c2n1.CC(C)c1ccccc1-c1ncc2[nH]c(=O)n(CC3(F)CCN(c4cccnc4)CC3)c2n1.CC(C)c1ccccc1-c1ncc2[nH]c(=O)n(CC3(F)CCNCC3)c2n1.Cl.Cl. The van der Waals surface area contributed by atoms with Crippen molar-refractivity contribution in [1.82, 2.24) is 78.7 Å². The Balaban J connectivity index is 0.000000233. The predicted molar refractivity (Wildman–Crippen MR) is 426 cm³/mol. The molecule has 0 spiro atoms. The van der Waals surface area contributed by atoms with Gasteiger partial charge >= 0.3 is 23.2 Å². The Morgan fingerprint density at radius 1 is 0.500 bits per heavy atom. The van der Waals surface area contributed by atoms with Gasteiger partial charge in [-0.25, -0.2) is 62.3 Å². The Labute approximate surface area is 638 Å². The fraction of sp³-hybridized carbons (Fsp3) is 0.436. The molecule has 3 fully saturated rings. The van der Waals surface area contributed by atoms with Gasteiger partial charge in [-0.05, 0) is 121 Å². The number of ether oxygens (including phenoxy) is 1. The summed E-state index contributed by atoms with van der Waals surface area (Å²) in [7, 11) is 0. The second-order valence-corrected chi connectivity index (χ2v) is 29.0. The number of likely N-dealkylation sites (tertiary alicyclic amines) is 1. The van der Waals surface area contributed by atoms with Gasteiger partial charge in [0.05, 0.1) is 50.1 Å². The fourth-order valence-corrected chi connectivity index (χ4v) is 13.2. The first-order valence-electron chi connectivity index (χ1n) is 34.4. The van der Waals surface area contributed by atoms with E-state index in [1.54, 1.807) is 64.1 Å². The van der Waals surface area contributed by atoms with Gasteiger partial charge in [0.25, 0.3) is 0 Å². The number of piperidine rings is 3. The lowest BCUT2D eigenvalue weighted by Crippen LogP contribution is -2.48. The summed E-state index contributed by atoms with van der Waals surface area (Å²) < 4.78 is 57.5. The summed E-state index contributed by atoms with van der Waals surface area (Å²) in [5.74, 6) is 2.48. The van der Waals surface area contributed by atoms with Gasteiger partial charge in [-0.1, -0.05) is 137 Å². The highest BCUT2D eigenvalue weighted by Gasteiger charge is 2.40. The lowest BCUT2D eigenvalue weighted by molar-refractivity contribution is -0.000558. The second kappa shape index (κ2) is 36.9. The van der Waals surface area contributed by atoms with Crippen LogP contribution in [0, 0.1) is 0 Å². The van der Waals surface area contributed by atoms with Crippen LogP contribution in [0.5, 0.6) is 0 Å². The molecule has 14 rings (SSSR count). The summed E-state index contributed by atoms with van der Waals surface area (Å²) in [6.45, 7) is 20.7. The molecule has 3 saturated heterocycles. The van der Waals surface area contributed by atoms with Crippen LogP contribution < -0.4 is 27.3 Å². The number of carbonyl (C=O) groups excluding carboxylic acids is 1. The number of pyridine rings is 2. The average Bonchev–Trinajstić information content (AvgIpc) is 1.61. The summed E-state index contributed by atoms with van der Waals surface area (Å²) in [6, 6.07) is 31.5. The number of alkyl halides is 3. The zero-order valence-electron chi connectivity index (χ0n) is 59.3. The molecule has 1 amide bonds. The van der Waals surface area contributed by atoms with Crippen molar-refractivity contribution in [2.24, 2.45) is 0 Å². The Morgan fingerprint density at radius 3 is 1.17 bits per heavy atom. The second-order valence-electron chi connectivity index (χ2n) is 28.1. The predicted octanol–water partition coefficient (Wildman–Crippen LogP) is 16.6. The Hall–Kier alpha value is -9.11. The first-order chi connectivity index (χ1) is 48.2. The van der Waals surface area contributed by atoms with Gasteiger partial charge in [0.1, 0.15) is 39.2 Å². The van der Waals surface area contributed by atoms with Gasteiger partial charge < -0.3 is 34.8 Å². The number of aromatic amines is 3. The Kier molecular flexibility index (Phi) is 29.9. The van der Waals surface area contributed by atoms with Gasteiger partial charge in [-0.3, -0.25) is 23.7 Å². The Morgan fingerprint density at radius 2 is 0.849 bits per heavy atom. The number of rotatable bonds is 13. The normalized spacial score (nSPS) is 15.1. The van der Waals surface area contributed by atoms with E-state index in [9.17, 15) is 19.2 Å².